The normalized spacial score (nSPS) is 16.2. The first-order chi connectivity index (χ1) is 14.8. The van der Waals surface area contributed by atoms with Gasteiger partial charge in [0.1, 0.15) is 5.75 Å². The molecule has 0 radical (unpaired) electrons. The highest BCUT2D eigenvalue weighted by Crippen LogP contribution is 2.30. The molecule has 31 heavy (non-hydrogen) atoms. The molecular weight excluding hydrogens is 412 g/mol. The summed E-state index contributed by atoms with van der Waals surface area (Å²) in [7, 11) is 1.31. The summed E-state index contributed by atoms with van der Waals surface area (Å²) in [6, 6.07) is 13.7. The van der Waals surface area contributed by atoms with Crippen molar-refractivity contribution in [2.24, 2.45) is 0 Å². The van der Waals surface area contributed by atoms with Crippen molar-refractivity contribution in [1.29, 1.82) is 0 Å². The van der Waals surface area contributed by atoms with Gasteiger partial charge < -0.3 is 9.64 Å². The molecule has 3 rings (SSSR count). The third kappa shape index (κ3) is 4.93. The van der Waals surface area contributed by atoms with Gasteiger partial charge in [0.25, 0.3) is 5.91 Å². The first-order valence-corrected chi connectivity index (χ1v) is 12.2. The highest BCUT2D eigenvalue weighted by Gasteiger charge is 2.30. The van der Waals surface area contributed by atoms with Gasteiger partial charge in [-0.15, -0.1) is 0 Å². The molecule has 0 spiro atoms. The van der Waals surface area contributed by atoms with E-state index in [-0.39, 0.29) is 22.9 Å². The van der Waals surface area contributed by atoms with Crippen molar-refractivity contribution in [3.05, 3.63) is 59.7 Å². The summed E-state index contributed by atoms with van der Waals surface area (Å²) in [6.07, 6.45) is 5.02. The highest BCUT2D eigenvalue weighted by atomic mass is 32.2. The Kier molecular flexibility index (Phi) is 7.38. The number of ether oxygens (including phenoxy) is 1. The van der Waals surface area contributed by atoms with Crippen molar-refractivity contribution in [2.75, 3.05) is 21.2 Å². The SMILES string of the molecule is COc1ccccc1C(C)N(C)C(=O)c1cccc(S(=O)(=O)N(C)C2CCCCC2)c1. The van der Waals surface area contributed by atoms with Gasteiger partial charge in [0.05, 0.1) is 18.0 Å². The predicted octanol–water partition coefficient (Wildman–Crippen LogP) is 4.48. The largest absolute Gasteiger partial charge is 0.496 e. The first-order valence-electron chi connectivity index (χ1n) is 10.8. The standard InChI is InChI=1S/C24H32N2O4S/c1-18(22-15-8-9-16-23(22)30-4)25(2)24(27)19-11-10-14-21(17-19)31(28,29)26(3)20-12-6-5-7-13-20/h8-11,14-18,20H,5-7,12-13H2,1-4H3. The molecule has 0 bridgehead atoms. The van der Waals surface area contributed by atoms with Crippen molar-refractivity contribution in [1.82, 2.24) is 9.21 Å². The van der Waals surface area contributed by atoms with Crippen molar-refractivity contribution in [3.63, 3.8) is 0 Å². The zero-order chi connectivity index (χ0) is 22.6. The van der Waals surface area contributed by atoms with Crippen LogP contribution < -0.4 is 4.74 Å². The lowest BCUT2D eigenvalue weighted by molar-refractivity contribution is 0.0741. The second kappa shape index (κ2) is 9.83. The molecule has 6 nitrogen and oxygen atoms in total. The Morgan fingerprint density at radius 1 is 1.03 bits per heavy atom. The van der Waals surface area contributed by atoms with Gasteiger partial charge >= 0.3 is 0 Å². The third-order valence-electron chi connectivity index (χ3n) is 6.34. The summed E-state index contributed by atoms with van der Waals surface area (Å²) in [5, 5.41) is 0. The molecule has 168 valence electrons. The van der Waals surface area contributed by atoms with Gasteiger partial charge in [-0.05, 0) is 44.0 Å². The molecule has 7 heteroatoms. The molecule has 2 aromatic carbocycles. The van der Waals surface area contributed by atoms with E-state index < -0.39 is 10.0 Å². The Bertz CT molecular complexity index is 1020. The van der Waals surface area contributed by atoms with Crippen molar-refractivity contribution >= 4 is 15.9 Å². The minimum Gasteiger partial charge on any atom is -0.496 e. The van der Waals surface area contributed by atoms with Crippen LogP contribution in [-0.4, -0.2) is 50.8 Å². The van der Waals surface area contributed by atoms with Crippen LogP contribution in [0.25, 0.3) is 0 Å². The number of methoxy groups -OCH3 is 1. The molecule has 1 unspecified atom stereocenters. The van der Waals surface area contributed by atoms with E-state index in [1.807, 2.05) is 31.2 Å². The fourth-order valence-electron chi connectivity index (χ4n) is 4.20. The zero-order valence-corrected chi connectivity index (χ0v) is 19.6. The second-order valence-electron chi connectivity index (χ2n) is 8.17. The molecule has 0 N–H and O–H groups in total. The Morgan fingerprint density at radius 3 is 2.39 bits per heavy atom. The molecule has 0 heterocycles. The van der Waals surface area contributed by atoms with Crippen LogP contribution in [0.2, 0.25) is 0 Å². The number of para-hydroxylation sites is 1. The average molecular weight is 445 g/mol. The lowest BCUT2D eigenvalue weighted by atomic mass is 9.96. The van der Waals surface area contributed by atoms with Gasteiger partial charge in [0, 0.05) is 31.3 Å². The third-order valence-corrected chi connectivity index (χ3v) is 8.24. The lowest BCUT2D eigenvalue weighted by Gasteiger charge is -2.30. The molecule has 1 aliphatic carbocycles. The fraction of sp³-hybridized carbons (Fsp3) is 0.458. The van der Waals surface area contributed by atoms with E-state index in [1.165, 1.54) is 10.4 Å². The smallest absolute Gasteiger partial charge is 0.254 e. The Balaban J connectivity index is 1.84. The molecule has 1 atom stereocenters. The molecule has 0 aromatic heterocycles. The van der Waals surface area contributed by atoms with Crippen LogP contribution >= 0.6 is 0 Å². The average Bonchev–Trinajstić information content (AvgIpc) is 2.82. The summed E-state index contributed by atoms with van der Waals surface area (Å²) in [6.45, 7) is 1.92. The summed E-state index contributed by atoms with van der Waals surface area (Å²) >= 11 is 0. The minimum atomic E-state index is -3.66. The van der Waals surface area contributed by atoms with Crippen LogP contribution in [0, 0.1) is 0 Å². The topological polar surface area (TPSA) is 66.9 Å². The molecule has 0 aliphatic heterocycles. The van der Waals surface area contributed by atoms with Crippen LogP contribution in [-0.2, 0) is 10.0 Å². The van der Waals surface area contributed by atoms with Crippen molar-refractivity contribution < 1.29 is 17.9 Å². The summed E-state index contributed by atoms with van der Waals surface area (Å²) < 4.78 is 33.3. The molecule has 2 aromatic rings. The van der Waals surface area contributed by atoms with Crippen LogP contribution in [0.5, 0.6) is 5.75 Å². The van der Waals surface area contributed by atoms with Gasteiger partial charge in [-0.2, -0.15) is 4.31 Å². The zero-order valence-electron chi connectivity index (χ0n) is 18.7. The van der Waals surface area contributed by atoms with Gasteiger partial charge in [-0.1, -0.05) is 43.5 Å². The predicted molar refractivity (Wildman–Crippen MR) is 122 cm³/mol. The number of carbonyl (C=O) groups is 1. The number of nitrogens with zero attached hydrogens (tertiary/aromatic N) is 2. The molecule has 1 amide bonds. The lowest BCUT2D eigenvalue weighted by Crippen LogP contribution is -2.38. The van der Waals surface area contributed by atoms with E-state index in [9.17, 15) is 13.2 Å². The van der Waals surface area contributed by atoms with E-state index in [2.05, 4.69) is 0 Å². The van der Waals surface area contributed by atoms with Crippen LogP contribution in [0.1, 0.15) is 61.0 Å². The molecular formula is C24H32N2O4S. The number of hydrogen-bond acceptors (Lipinski definition) is 4. The Hall–Kier alpha value is -2.38. The number of carbonyl (C=O) groups excluding carboxylic acids is 1. The van der Waals surface area contributed by atoms with Gasteiger partial charge in [0.2, 0.25) is 10.0 Å². The first kappa shape index (κ1) is 23.3. The maximum Gasteiger partial charge on any atom is 0.254 e. The summed E-state index contributed by atoms with van der Waals surface area (Å²) in [4.78, 5) is 14.9. The van der Waals surface area contributed by atoms with E-state index in [4.69, 9.17) is 4.74 Å². The number of hydrogen-bond donors (Lipinski definition) is 0. The van der Waals surface area contributed by atoms with E-state index in [0.717, 1.165) is 37.7 Å². The van der Waals surface area contributed by atoms with Gasteiger partial charge in [-0.3, -0.25) is 4.79 Å². The summed E-state index contributed by atoms with van der Waals surface area (Å²) in [5.41, 5.74) is 1.24. The van der Waals surface area contributed by atoms with Gasteiger partial charge in [0.15, 0.2) is 0 Å². The van der Waals surface area contributed by atoms with E-state index in [0.29, 0.717) is 11.3 Å². The minimum absolute atomic E-state index is 0.0198. The van der Waals surface area contributed by atoms with Crippen molar-refractivity contribution in [3.8, 4) is 5.75 Å². The molecule has 0 saturated heterocycles. The van der Waals surface area contributed by atoms with Gasteiger partial charge in [-0.25, -0.2) is 8.42 Å². The fourth-order valence-corrected chi connectivity index (χ4v) is 5.66. The van der Waals surface area contributed by atoms with Crippen molar-refractivity contribution in [2.45, 2.75) is 56.0 Å². The monoisotopic (exact) mass is 444 g/mol. The maximum atomic E-state index is 13.2. The molecule has 1 aliphatic rings. The second-order valence-corrected chi connectivity index (χ2v) is 10.2. The van der Waals surface area contributed by atoms with Crippen LogP contribution in [0.15, 0.2) is 53.4 Å². The van der Waals surface area contributed by atoms with E-state index in [1.54, 1.807) is 44.3 Å². The Labute approximate surface area is 185 Å². The Morgan fingerprint density at radius 2 is 1.71 bits per heavy atom. The van der Waals surface area contributed by atoms with Crippen LogP contribution in [0.4, 0.5) is 0 Å². The highest BCUT2D eigenvalue weighted by molar-refractivity contribution is 7.89. The number of rotatable bonds is 7. The van der Waals surface area contributed by atoms with E-state index >= 15 is 0 Å². The van der Waals surface area contributed by atoms with Crippen LogP contribution in [0.3, 0.4) is 0 Å². The maximum absolute atomic E-state index is 13.2. The number of amides is 1. The quantitative estimate of drug-likeness (QED) is 0.631. The number of sulfonamides is 1. The number of benzene rings is 2. The molecule has 1 saturated carbocycles. The molecule has 1 fully saturated rings. The summed E-state index contributed by atoms with van der Waals surface area (Å²) in [5.74, 6) is 0.468.